The number of nitrogens with zero attached hydrogens (tertiary/aromatic N) is 1. The van der Waals surface area contributed by atoms with Crippen molar-refractivity contribution >= 4 is 39.9 Å². The van der Waals surface area contributed by atoms with Gasteiger partial charge in [-0.05, 0) is 54.4 Å². The second-order valence-electron chi connectivity index (χ2n) is 10.1. The number of ether oxygens (including phenoxy) is 3. The summed E-state index contributed by atoms with van der Waals surface area (Å²) in [6.07, 6.45) is 0.481. The Kier molecular flexibility index (Phi) is 8.03. The highest BCUT2D eigenvalue weighted by molar-refractivity contribution is 7.99. The highest BCUT2D eigenvalue weighted by atomic mass is 32.2. The van der Waals surface area contributed by atoms with E-state index >= 15 is 0 Å². The van der Waals surface area contributed by atoms with Gasteiger partial charge in [0.05, 0.1) is 31.2 Å². The van der Waals surface area contributed by atoms with Crippen LogP contribution in [-0.4, -0.2) is 32.3 Å². The van der Waals surface area contributed by atoms with E-state index in [0.717, 1.165) is 27.1 Å². The first-order valence-corrected chi connectivity index (χ1v) is 14.7. The third kappa shape index (κ3) is 5.79. The summed E-state index contributed by atoms with van der Waals surface area (Å²) in [5.41, 5.74) is 4.29. The number of methoxy groups -OCH3 is 2. The van der Waals surface area contributed by atoms with Crippen molar-refractivity contribution in [3.05, 3.63) is 124 Å². The first kappa shape index (κ1) is 28.3. The molecule has 1 aliphatic rings. The predicted octanol–water partition coefficient (Wildman–Crippen LogP) is 7.74. The zero-order chi connectivity index (χ0) is 29.9. The number of thioether (sulfide) groups is 1. The van der Waals surface area contributed by atoms with Crippen molar-refractivity contribution < 1.29 is 23.4 Å². The lowest BCUT2D eigenvalue weighted by Crippen LogP contribution is -2.15. The van der Waals surface area contributed by atoms with Crippen LogP contribution in [0.15, 0.2) is 110 Å². The number of rotatable bonds is 8. The molecule has 43 heavy (non-hydrogen) atoms. The van der Waals surface area contributed by atoms with Gasteiger partial charge in [-0.1, -0.05) is 48.5 Å². The van der Waals surface area contributed by atoms with Gasteiger partial charge >= 0.3 is 5.63 Å². The number of benzene rings is 4. The third-order valence-corrected chi connectivity index (χ3v) is 8.69. The van der Waals surface area contributed by atoms with Gasteiger partial charge in [0.1, 0.15) is 5.75 Å². The van der Waals surface area contributed by atoms with Crippen LogP contribution in [0, 0.1) is 6.92 Å². The van der Waals surface area contributed by atoms with Crippen LogP contribution in [0.3, 0.4) is 0 Å². The van der Waals surface area contributed by atoms with Crippen LogP contribution in [-0.2, 0) is 0 Å². The molecule has 1 atom stereocenters. The molecule has 2 heterocycles. The van der Waals surface area contributed by atoms with E-state index in [4.69, 9.17) is 23.6 Å². The van der Waals surface area contributed by atoms with Crippen molar-refractivity contribution in [2.24, 2.45) is 4.99 Å². The minimum absolute atomic E-state index is 0.0761. The zero-order valence-electron chi connectivity index (χ0n) is 24.0. The van der Waals surface area contributed by atoms with Crippen molar-refractivity contribution in [3.63, 3.8) is 0 Å². The van der Waals surface area contributed by atoms with Crippen LogP contribution in [0.25, 0.3) is 11.0 Å². The average Bonchev–Trinajstić information content (AvgIpc) is 3.23. The fourth-order valence-corrected chi connectivity index (χ4v) is 6.44. The quantitative estimate of drug-likeness (QED) is 0.135. The van der Waals surface area contributed by atoms with E-state index in [9.17, 15) is 9.59 Å². The normalized spacial score (nSPS) is 14.4. The number of hydrogen-bond donors (Lipinski definition) is 0. The maximum absolute atomic E-state index is 13.0. The lowest BCUT2D eigenvalue weighted by molar-refractivity contribution is 0.0921. The number of para-hydroxylation sites is 1. The Hall–Kier alpha value is -4.82. The van der Waals surface area contributed by atoms with Crippen LogP contribution >= 0.6 is 11.8 Å². The molecule has 0 amide bonds. The molecule has 6 rings (SSSR count). The summed E-state index contributed by atoms with van der Waals surface area (Å²) in [6, 6.07) is 28.0. The molecule has 0 bridgehead atoms. The van der Waals surface area contributed by atoms with Gasteiger partial charge < -0.3 is 18.6 Å². The van der Waals surface area contributed by atoms with Crippen molar-refractivity contribution in [1.29, 1.82) is 0 Å². The Morgan fingerprint density at radius 1 is 0.907 bits per heavy atom. The number of Topliss-reactive ketones (excluding diaryl/α,β-unsaturated/α-hetero) is 1. The number of aliphatic imine (C=N–C) groups is 1. The van der Waals surface area contributed by atoms with E-state index in [0.29, 0.717) is 46.1 Å². The van der Waals surface area contributed by atoms with E-state index in [1.54, 1.807) is 38.1 Å². The lowest BCUT2D eigenvalue weighted by atomic mass is 9.97. The van der Waals surface area contributed by atoms with Crippen LogP contribution in [0.2, 0.25) is 0 Å². The number of hydrogen-bond acceptors (Lipinski definition) is 8. The van der Waals surface area contributed by atoms with Gasteiger partial charge in [0.15, 0.2) is 29.5 Å². The molecule has 7 nitrogen and oxygen atoms in total. The van der Waals surface area contributed by atoms with E-state index < -0.39 is 5.63 Å². The molecule has 0 fully saturated rings. The standard InChI is InChI=1S/C35H29NO6S/c1-21-17-33(38)42-35-24(21)14-16-29(41-20-27(37)22-9-5-4-6-10-22)34(35)26-19-32(43-31-12-8-7-11-25(31)36-26)23-13-15-28(39-2)30(18-23)40-3/h4-18,32H,19-20H2,1-3H3/t32-/m0/s1. The minimum atomic E-state index is -0.468. The summed E-state index contributed by atoms with van der Waals surface area (Å²) in [6.45, 7) is 1.69. The van der Waals surface area contributed by atoms with Crippen molar-refractivity contribution in [2.45, 2.75) is 23.5 Å². The maximum Gasteiger partial charge on any atom is 0.336 e. The molecule has 1 aromatic heterocycles. The summed E-state index contributed by atoms with van der Waals surface area (Å²) in [7, 11) is 3.23. The van der Waals surface area contributed by atoms with Gasteiger partial charge in [-0.3, -0.25) is 9.79 Å². The van der Waals surface area contributed by atoms with Crippen LogP contribution < -0.4 is 19.8 Å². The molecule has 216 valence electrons. The van der Waals surface area contributed by atoms with E-state index in [1.165, 1.54) is 6.07 Å². The first-order chi connectivity index (χ1) is 20.9. The molecule has 0 spiro atoms. The molecule has 0 unspecified atom stereocenters. The van der Waals surface area contributed by atoms with Gasteiger partial charge in [-0.15, -0.1) is 11.8 Å². The topological polar surface area (TPSA) is 87.3 Å². The highest BCUT2D eigenvalue weighted by Gasteiger charge is 2.28. The molecule has 0 saturated carbocycles. The third-order valence-electron chi connectivity index (χ3n) is 7.37. The molecular weight excluding hydrogens is 562 g/mol. The summed E-state index contributed by atoms with van der Waals surface area (Å²) in [5.74, 6) is 1.53. The monoisotopic (exact) mass is 591 g/mol. The number of carbonyl (C=O) groups is 1. The summed E-state index contributed by atoms with van der Waals surface area (Å²) < 4.78 is 23.1. The Morgan fingerprint density at radius 3 is 2.44 bits per heavy atom. The van der Waals surface area contributed by atoms with Crippen molar-refractivity contribution in [3.8, 4) is 17.2 Å². The predicted molar refractivity (Wildman–Crippen MR) is 169 cm³/mol. The Labute approximate surface area is 253 Å². The molecule has 8 heteroatoms. The van der Waals surface area contributed by atoms with Crippen LogP contribution in [0.4, 0.5) is 5.69 Å². The smallest absolute Gasteiger partial charge is 0.336 e. The SMILES string of the molecule is COc1ccc([C@@H]2CC(c3c(OCC(=O)c4ccccc4)ccc4c(C)cc(=O)oc34)=Nc3ccccc3S2)cc1OC. The van der Waals surface area contributed by atoms with Crippen molar-refractivity contribution in [2.75, 3.05) is 20.8 Å². The molecule has 0 saturated heterocycles. The second kappa shape index (κ2) is 12.2. The minimum Gasteiger partial charge on any atom is -0.493 e. The lowest BCUT2D eigenvalue weighted by Gasteiger charge is -2.20. The molecule has 0 N–H and O–H groups in total. The summed E-state index contributed by atoms with van der Waals surface area (Å²) in [4.78, 5) is 31.8. The zero-order valence-corrected chi connectivity index (χ0v) is 24.8. The first-order valence-electron chi connectivity index (χ1n) is 13.8. The molecular formula is C35H29NO6S. The van der Waals surface area contributed by atoms with Gasteiger partial charge in [0.2, 0.25) is 0 Å². The van der Waals surface area contributed by atoms with E-state index in [-0.39, 0.29) is 17.6 Å². The average molecular weight is 592 g/mol. The summed E-state index contributed by atoms with van der Waals surface area (Å²) >= 11 is 1.70. The van der Waals surface area contributed by atoms with Gasteiger partial charge in [-0.2, -0.15) is 0 Å². The number of ketones is 1. The Morgan fingerprint density at radius 2 is 1.65 bits per heavy atom. The van der Waals surface area contributed by atoms with Crippen LogP contribution in [0.5, 0.6) is 17.2 Å². The molecule has 0 radical (unpaired) electrons. The van der Waals surface area contributed by atoms with Gasteiger partial charge in [0.25, 0.3) is 0 Å². The fourth-order valence-electron chi connectivity index (χ4n) is 5.22. The van der Waals surface area contributed by atoms with Gasteiger partial charge in [0, 0.05) is 33.6 Å². The number of fused-ring (bicyclic) bond motifs is 2. The number of aryl methyl sites for hydroxylation is 1. The number of carbonyl (C=O) groups excluding carboxylic acids is 1. The molecule has 0 aliphatic carbocycles. The fraction of sp³-hybridized carbons (Fsp3) is 0.171. The van der Waals surface area contributed by atoms with Crippen molar-refractivity contribution in [1.82, 2.24) is 0 Å². The maximum atomic E-state index is 13.0. The van der Waals surface area contributed by atoms with Crippen LogP contribution in [0.1, 0.15) is 38.7 Å². The second-order valence-corrected chi connectivity index (χ2v) is 11.3. The van der Waals surface area contributed by atoms with E-state index in [1.807, 2.05) is 79.7 Å². The largest absolute Gasteiger partial charge is 0.493 e. The Bertz CT molecular complexity index is 1910. The highest BCUT2D eigenvalue weighted by Crippen LogP contribution is 2.48. The summed E-state index contributed by atoms with van der Waals surface area (Å²) in [5, 5.41) is 0.694. The Balaban J connectivity index is 1.50. The molecule has 5 aromatic rings. The van der Waals surface area contributed by atoms with Gasteiger partial charge in [-0.25, -0.2) is 4.79 Å². The molecule has 4 aromatic carbocycles. The molecule has 1 aliphatic heterocycles. The van der Waals surface area contributed by atoms with E-state index in [2.05, 4.69) is 0 Å².